The molecule has 2 saturated heterocycles. The van der Waals surface area contributed by atoms with Gasteiger partial charge in [-0.15, -0.1) is 0 Å². The van der Waals surface area contributed by atoms with Crippen LogP contribution in [0.15, 0.2) is 9.79 Å². The maximum atomic E-state index is 14.8. The predicted octanol–water partition coefficient (Wildman–Crippen LogP) is 3.49. The summed E-state index contributed by atoms with van der Waals surface area (Å²) in [5.41, 5.74) is 2.23. The first-order valence-electron chi connectivity index (χ1n) is 13.5. The van der Waals surface area contributed by atoms with Crippen molar-refractivity contribution >= 4 is 20.0 Å². The minimum Gasteiger partial charge on any atom is -0.373 e. The first-order valence-corrected chi connectivity index (χ1v) is 16.5. The second-order valence-corrected chi connectivity index (χ2v) is 14.4. The first-order chi connectivity index (χ1) is 17.1. The normalized spacial score (nSPS) is 25.9. The van der Waals surface area contributed by atoms with Crippen LogP contribution < -0.4 is 5.14 Å². The third kappa shape index (κ3) is 5.40. The molecule has 0 spiro atoms. The third-order valence-electron chi connectivity index (χ3n) is 8.49. The van der Waals surface area contributed by atoms with Gasteiger partial charge < -0.3 is 9.47 Å². The number of nitrogens with zero attached hydrogens (tertiary/aromatic N) is 1. The highest BCUT2D eigenvalue weighted by Crippen LogP contribution is 2.42. The van der Waals surface area contributed by atoms with Crippen LogP contribution in [0.2, 0.25) is 0 Å². The standard InChI is InChI=1S/C26H40N2O6S2/c1-17-23(13-21-15-33-21)25(35(27,29)30)18(2)26(24(17)14-22-16-34-22)36(31,32)28(19-9-5-3-6-10-19)20-11-7-4-8-12-20/h19-22H,3-16H2,1-2H3,(H2,27,29,30). The molecule has 5 rings (SSSR count). The zero-order valence-electron chi connectivity index (χ0n) is 21.5. The molecule has 1 aromatic rings. The molecule has 2 N–H and O–H groups in total. The van der Waals surface area contributed by atoms with Gasteiger partial charge in [0.1, 0.15) is 0 Å². The maximum absolute atomic E-state index is 14.8. The molecular weight excluding hydrogens is 500 g/mol. The number of epoxide rings is 2. The molecule has 1 aromatic carbocycles. The first kappa shape index (κ1) is 26.6. The Balaban J connectivity index is 1.71. The van der Waals surface area contributed by atoms with Crippen molar-refractivity contribution in [3.8, 4) is 0 Å². The summed E-state index contributed by atoms with van der Waals surface area (Å²) >= 11 is 0. The minimum absolute atomic E-state index is 0.0400. The van der Waals surface area contributed by atoms with Gasteiger partial charge in [-0.05, 0) is 61.8 Å². The highest BCUT2D eigenvalue weighted by molar-refractivity contribution is 7.90. The zero-order chi connectivity index (χ0) is 25.7. The van der Waals surface area contributed by atoms with Gasteiger partial charge in [-0.3, -0.25) is 0 Å². The molecule has 2 aliphatic heterocycles. The van der Waals surface area contributed by atoms with E-state index in [2.05, 4.69) is 0 Å². The summed E-state index contributed by atoms with van der Waals surface area (Å²) in [6.07, 6.45) is 10.5. The lowest BCUT2D eigenvalue weighted by Crippen LogP contribution is -2.49. The van der Waals surface area contributed by atoms with Crippen LogP contribution in [-0.2, 0) is 42.4 Å². The van der Waals surface area contributed by atoms with E-state index in [9.17, 15) is 16.8 Å². The van der Waals surface area contributed by atoms with Crippen LogP contribution in [0.4, 0.5) is 0 Å². The number of hydrogen-bond acceptors (Lipinski definition) is 6. The Morgan fingerprint density at radius 1 is 0.722 bits per heavy atom. The van der Waals surface area contributed by atoms with Crippen LogP contribution in [-0.4, -0.2) is 58.6 Å². The molecule has 8 nitrogen and oxygen atoms in total. The Hall–Kier alpha value is -1.04. The van der Waals surface area contributed by atoms with E-state index in [4.69, 9.17) is 14.6 Å². The van der Waals surface area contributed by atoms with Gasteiger partial charge in [-0.2, -0.15) is 4.31 Å². The van der Waals surface area contributed by atoms with Crippen molar-refractivity contribution in [2.75, 3.05) is 13.2 Å². The highest BCUT2D eigenvalue weighted by Gasteiger charge is 2.43. The second-order valence-electron chi connectivity index (χ2n) is 11.1. The lowest BCUT2D eigenvalue weighted by atomic mass is 9.91. The molecule has 2 unspecified atom stereocenters. The Kier molecular flexibility index (Phi) is 7.57. The van der Waals surface area contributed by atoms with Crippen molar-refractivity contribution in [1.29, 1.82) is 0 Å². The summed E-state index contributed by atoms with van der Waals surface area (Å²) in [6, 6.07) is -0.0943. The number of ether oxygens (including phenoxy) is 2. The van der Waals surface area contributed by atoms with E-state index in [-0.39, 0.29) is 39.6 Å². The van der Waals surface area contributed by atoms with Crippen molar-refractivity contribution in [2.24, 2.45) is 5.14 Å². The van der Waals surface area contributed by atoms with E-state index in [1.165, 1.54) is 0 Å². The summed E-state index contributed by atoms with van der Waals surface area (Å²) in [5, 5.41) is 5.76. The number of rotatable bonds is 9. The minimum atomic E-state index is -4.16. The van der Waals surface area contributed by atoms with Crippen molar-refractivity contribution < 1.29 is 26.3 Å². The van der Waals surface area contributed by atoms with Gasteiger partial charge in [0.25, 0.3) is 0 Å². The zero-order valence-corrected chi connectivity index (χ0v) is 23.1. The van der Waals surface area contributed by atoms with Gasteiger partial charge in [0.2, 0.25) is 20.0 Å². The monoisotopic (exact) mass is 540 g/mol. The van der Waals surface area contributed by atoms with Gasteiger partial charge >= 0.3 is 0 Å². The quantitative estimate of drug-likeness (QED) is 0.479. The lowest BCUT2D eigenvalue weighted by Gasteiger charge is -2.41. The molecule has 0 amide bonds. The average molecular weight is 541 g/mol. The second kappa shape index (κ2) is 10.3. The molecule has 2 aliphatic carbocycles. The lowest BCUT2D eigenvalue weighted by molar-refractivity contribution is 0.169. The number of primary sulfonamides is 1. The molecule has 4 fully saturated rings. The van der Waals surface area contributed by atoms with Gasteiger partial charge in [0.05, 0.1) is 35.2 Å². The van der Waals surface area contributed by atoms with E-state index < -0.39 is 20.0 Å². The Bertz CT molecular complexity index is 1180. The molecule has 0 aromatic heterocycles. The van der Waals surface area contributed by atoms with E-state index in [0.29, 0.717) is 42.7 Å². The van der Waals surface area contributed by atoms with Crippen LogP contribution in [0.1, 0.15) is 86.5 Å². The molecule has 0 radical (unpaired) electrons. The number of benzene rings is 1. The fourth-order valence-electron chi connectivity index (χ4n) is 6.60. The van der Waals surface area contributed by atoms with E-state index >= 15 is 0 Å². The van der Waals surface area contributed by atoms with Crippen LogP contribution >= 0.6 is 0 Å². The third-order valence-corrected chi connectivity index (χ3v) is 11.8. The Labute approximate surface area is 216 Å². The fourth-order valence-corrected chi connectivity index (χ4v) is 10.2. The van der Waals surface area contributed by atoms with E-state index in [0.717, 1.165) is 64.2 Å². The molecule has 36 heavy (non-hydrogen) atoms. The van der Waals surface area contributed by atoms with Gasteiger partial charge in [-0.25, -0.2) is 22.0 Å². The SMILES string of the molecule is Cc1c(CC2CO2)c(S(N)(=O)=O)c(C)c(S(=O)(=O)N(C2CCCCC2)C2CCCCC2)c1CC1CO1. The molecule has 10 heteroatoms. The van der Waals surface area contributed by atoms with Crippen LogP contribution in [0.25, 0.3) is 0 Å². The summed E-state index contributed by atoms with van der Waals surface area (Å²) in [5.74, 6) is 0. The molecule has 2 saturated carbocycles. The molecule has 4 aliphatic rings. The van der Waals surface area contributed by atoms with Crippen molar-refractivity contribution in [1.82, 2.24) is 4.31 Å². The van der Waals surface area contributed by atoms with Crippen LogP contribution in [0.3, 0.4) is 0 Å². The number of nitrogens with two attached hydrogens (primary N) is 1. The van der Waals surface area contributed by atoms with E-state index in [1.54, 1.807) is 11.2 Å². The maximum Gasteiger partial charge on any atom is 0.244 e. The smallest absolute Gasteiger partial charge is 0.244 e. The van der Waals surface area contributed by atoms with Crippen LogP contribution in [0, 0.1) is 13.8 Å². The molecule has 202 valence electrons. The molecule has 0 bridgehead atoms. The number of hydrogen-bond donors (Lipinski definition) is 1. The molecule has 2 atom stereocenters. The van der Waals surface area contributed by atoms with Crippen LogP contribution in [0.5, 0.6) is 0 Å². The Morgan fingerprint density at radius 3 is 1.53 bits per heavy atom. The van der Waals surface area contributed by atoms with Crippen molar-refractivity contribution in [3.05, 3.63) is 22.3 Å². The average Bonchev–Trinajstić information content (AvgIpc) is 3.74. The van der Waals surface area contributed by atoms with Gasteiger partial charge in [0.15, 0.2) is 0 Å². The fraction of sp³-hybridized carbons (Fsp3) is 0.769. The highest BCUT2D eigenvalue weighted by atomic mass is 32.2. The van der Waals surface area contributed by atoms with E-state index in [1.807, 2.05) is 6.92 Å². The molecule has 2 heterocycles. The van der Waals surface area contributed by atoms with Crippen molar-refractivity contribution in [3.63, 3.8) is 0 Å². The Morgan fingerprint density at radius 2 is 1.14 bits per heavy atom. The topological polar surface area (TPSA) is 123 Å². The summed E-state index contributed by atoms with van der Waals surface area (Å²) in [4.78, 5) is 0.109. The summed E-state index contributed by atoms with van der Waals surface area (Å²) in [7, 11) is -8.15. The number of sulfonamides is 2. The summed E-state index contributed by atoms with van der Waals surface area (Å²) in [6.45, 7) is 4.63. The van der Waals surface area contributed by atoms with Gasteiger partial charge in [0, 0.05) is 24.9 Å². The predicted molar refractivity (Wildman–Crippen MR) is 137 cm³/mol. The molecular formula is C26H40N2O6S2. The largest absolute Gasteiger partial charge is 0.373 e. The summed E-state index contributed by atoms with van der Waals surface area (Å²) < 4.78 is 68.2. The van der Waals surface area contributed by atoms with Gasteiger partial charge in [-0.1, -0.05) is 38.5 Å². The van der Waals surface area contributed by atoms with Crippen molar-refractivity contribution in [2.45, 2.75) is 125 Å².